The van der Waals surface area contributed by atoms with Crippen molar-refractivity contribution in [3.05, 3.63) is 52.5 Å². The monoisotopic (exact) mass is 510 g/mol. The number of piperazine rings is 1. The maximum absolute atomic E-state index is 12.4. The number of amides is 1. The number of fused-ring (bicyclic) bond motifs is 1. The van der Waals surface area contributed by atoms with Crippen molar-refractivity contribution >= 4 is 68.4 Å². The SMILES string of the molecule is CCSc1ccc(C(=O)NCCN2CCN(c3nc4c(C)ccc(Cl)c4s3)CC2)cc1.Cl. The van der Waals surface area contributed by atoms with Crippen LogP contribution in [0.1, 0.15) is 22.8 Å². The number of aryl methyl sites for hydroxylation is 1. The van der Waals surface area contributed by atoms with E-state index in [4.69, 9.17) is 16.6 Å². The largest absolute Gasteiger partial charge is 0.351 e. The van der Waals surface area contributed by atoms with Crippen molar-refractivity contribution in [3.63, 3.8) is 0 Å². The zero-order chi connectivity index (χ0) is 21.8. The Morgan fingerprint density at radius 2 is 1.88 bits per heavy atom. The maximum Gasteiger partial charge on any atom is 0.251 e. The van der Waals surface area contributed by atoms with E-state index in [-0.39, 0.29) is 18.3 Å². The minimum absolute atomic E-state index is 0. The molecule has 172 valence electrons. The molecular weight excluding hydrogens is 483 g/mol. The van der Waals surface area contributed by atoms with Gasteiger partial charge in [0.1, 0.15) is 0 Å². The first-order valence-corrected chi connectivity index (χ1v) is 12.8. The highest BCUT2D eigenvalue weighted by molar-refractivity contribution is 7.99. The van der Waals surface area contributed by atoms with Crippen LogP contribution in [0.2, 0.25) is 5.02 Å². The molecule has 0 saturated carbocycles. The molecule has 2 aromatic carbocycles. The third-order valence-corrected chi connectivity index (χ3v) is 7.94. The second-order valence-electron chi connectivity index (χ2n) is 7.58. The molecule has 2 heterocycles. The summed E-state index contributed by atoms with van der Waals surface area (Å²) in [5.41, 5.74) is 2.89. The summed E-state index contributed by atoms with van der Waals surface area (Å²) in [6.45, 7) is 9.49. The van der Waals surface area contributed by atoms with Crippen molar-refractivity contribution in [1.29, 1.82) is 0 Å². The van der Waals surface area contributed by atoms with Crippen LogP contribution in [-0.4, -0.2) is 60.8 Å². The molecule has 9 heteroatoms. The molecule has 1 aliphatic rings. The number of rotatable bonds is 7. The van der Waals surface area contributed by atoms with Crippen LogP contribution in [0.15, 0.2) is 41.3 Å². The topological polar surface area (TPSA) is 48.5 Å². The van der Waals surface area contributed by atoms with Crippen molar-refractivity contribution in [2.24, 2.45) is 0 Å². The molecule has 4 rings (SSSR count). The van der Waals surface area contributed by atoms with Crippen LogP contribution in [0.5, 0.6) is 0 Å². The Morgan fingerprint density at radius 1 is 1.16 bits per heavy atom. The first-order chi connectivity index (χ1) is 15.0. The molecule has 1 amide bonds. The number of carbonyl (C=O) groups is 1. The number of nitrogens with zero attached hydrogens (tertiary/aromatic N) is 3. The average Bonchev–Trinajstić information content (AvgIpc) is 3.24. The molecule has 0 aliphatic carbocycles. The van der Waals surface area contributed by atoms with E-state index in [0.717, 1.165) is 70.0 Å². The highest BCUT2D eigenvalue weighted by Gasteiger charge is 2.21. The molecule has 0 atom stereocenters. The number of thioether (sulfide) groups is 1. The van der Waals surface area contributed by atoms with Gasteiger partial charge >= 0.3 is 0 Å². The van der Waals surface area contributed by atoms with Gasteiger partial charge < -0.3 is 10.2 Å². The van der Waals surface area contributed by atoms with Gasteiger partial charge in [0.15, 0.2) is 5.13 Å². The lowest BCUT2D eigenvalue weighted by atomic mass is 10.2. The average molecular weight is 512 g/mol. The normalized spacial score (nSPS) is 14.4. The van der Waals surface area contributed by atoms with E-state index in [0.29, 0.717) is 6.54 Å². The first kappa shape index (κ1) is 25.1. The van der Waals surface area contributed by atoms with E-state index in [9.17, 15) is 4.79 Å². The van der Waals surface area contributed by atoms with Gasteiger partial charge in [0.25, 0.3) is 5.91 Å². The van der Waals surface area contributed by atoms with Crippen molar-refractivity contribution in [3.8, 4) is 0 Å². The maximum atomic E-state index is 12.4. The van der Waals surface area contributed by atoms with Crippen LogP contribution in [0.25, 0.3) is 10.2 Å². The molecule has 1 aromatic heterocycles. The Balaban J connectivity index is 0.00000289. The molecule has 0 unspecified atom stereocenters. The molecule has 3 aromatic rings. The van der Waals surface area contributed by atoms with Crippen molar-refractivity contribution in [1.82, 2.24) is 15.2 Å². The Kier molecular flexibility index (Phi) is 9.08. The number of aromatic nitrogens is 1. The number of thiazole rings is 1. The van der Waals surface area contributed by atoms with E-state index >= 15 is 0 Å². The van der Waals surface area contributed by atoms with Gasteiger partial charge in [0.2, 0.25) is 0 Å². The van der Waals surface area contributed by atoms with Crippen LogP contribution in [0.3, 0.4) is 0 Å². The minimum Gasteiger partial charge on any atom is -0.351 e. The van der Waals surface area contributed by atoms with Gasteiger partial charge in [-0.2, -0.15) is 0 Å². The smallest absolute Gasteiger partial charge is 0.251 e. The number of anilines is 1. The lowest BCUT2D eigenvalue weighted by molar-refractivity contribution is 0.0947. The highest BCUT2D eigenvalue weighted by atomic mass is 35.5. The predicted octanol–water partition coefficient (Wildman–Crippen LogP) is 5.34. The number of carbonyl (C=O) groups excluding carboxylic acids is 1. The lowest BCUT2D eigenvalue weighted by Crippen LogP contribution is -2.48. The van der Waals surface area contributed by atoms with E-state index in [1.807, 2.05) is 36.4 Å². The van der Waals surface area contributed by atoms with Gasteiger partial charge in [0.05, 0.1) is 15.2 Å². The third kappa shape index (κ3) is 5.88. The number of hydrogen-bond donors (Lipinski definition) is 1. The van der Waals surface area contributed by atoms with Crippen LogP contribution in [0.4, 0.5) is 5.13 Å². The second-order valence-corrected chi connectivity index (χ2v) is 10.3. The van der Waals surface area contributed by atoms with Gasteiger partial charge in [-0.3, -0.25) is 9.69 Å². The number of nitrogens with one attached hydrogen (secondary N) is 1. The molecular formula is C23H28Cl2N4OS2. The summed E-state index contributed by atoms with van der Waals surface area (Å²) in [4.78, 5) is 23.1. The van der Waals surface area contributed by atoms with E-state index < -0.39 is 0 Å². The molecule has 5 nitrogen and oxygen atoms in total. The molecule has 1 fully saturated rings. The summed E-state index contributed by atoms with van der Waals surface area (Å²) in [7, 11) is 0. The van der Waals surface area contributed by atoms with Gasteiger partial charge in [-0.25, -0.2) is 4.98 Å². The van der Waals surface area contributed by atoms with E-state index in [2.05, 4.69) is 29.0 Å². The standard InChI is InChI=1S/C23H27ClN4OS2.ClH/c1-3-30-18-7-5-17(6-8-18)22(29)25-10-11-27-12-14-28(15-13-27)23-26-20-16(2)4-9-19(24)21(20)31-23;/h4-9H,3,10-15H2,1-2H3,(H,25,29);1H. The minimum atomic E-state index is -0.00610. The Morgan fingerprint density at radius 3 is 2.53 bits per heavy atom. The zero-order valence-electron chi connectivity index (χ0n) is 18.3. The number of halogens is 2. The first-order valence-electron chi connectivity index (χ1n) is 10.6. The van der Waals surface area contributed by atoms with Gasteiger partial charge in [-0.15, -0.1) is 24.2 Å². The van der Waals surface area contributed by atoms with E-state index in [1.165, 1.54) is 4.90 Å². The fraction of sp³-hybridized carbons (Fsp3) is 0.391. The Labute approximate surface area is 208 Å². The van der Waals surface area contributed by atoms with Gasteiger partial charge in [0, 0.05) is 49.7 Å². The van der Waals surface area contributed by atoms with Crippen LogP contribution >= 0.6 is 47.1 Å². The summed E-state index contributed by atoms with van der Waals surface area (Å²) in [6, 6.07) is 11.8. The van der Waals surface area contributed by atoms with Crippen molar-refractivity contribution in [2.45, 2.75) is 18.7 Å². The number of benzene rings is 2. The zero-order valence-corrected chi connectivity index (χ0v) is 21.5. The fourth-order valence-electron chi connectivity index (χ4n) is 3.69. The highest BCUT2D eigenvalue weighted by Crippen LogP contribution is 2.35. The summed E-state index contributed by atoms with van der Waals surface area (Å²) < 4.78 is 1.07. The molecule has 1 saturated heterocycles. The molecule has 0 bridgehead atoms. The van der Waals surface area contributed by atoms with Crippen LogP contribution < -0.4 is 10.2 Å². The summed E-state index contributed by atoms with van der Waals surface area (Å²) in [5, 5.41) is 4.87. The van der Waals surface area contributed by atoms with Gasteiger partial charge in [-0.05, 0) is 48.6 Å². The quantitative estimate of drug-likeness (QED) is 0.434. The Hall–Kier alpha value is -1.51. The molecule has 1 aliphatic heterocycles. The molecule has 0 radical (unpaired) electrons. The molecule has 1 N–H and O–H groups in total. The third-order valence-electron chi connectivity index (χ3n) is 5.47. The summed E-state index contributed by atoms with van der Waals surface area (Å²) >= 11 is 9.82. The van der Waals surface area contributed by atoms with Crippen molar-refractivity contribution < 1.29 is 4.79 Å². The lowest BCUT2D eigenvalue weighted by Gasteiger charge is -2.34. The Bertz CT molecular complexity index is 1010. The van der Waals surface area contributed by atoms with E-state index in [1.54, 1.807) is 23.1 Å². The fourth-order valence-corrected chi connectivity index (χ4v) is 5.72. The summed E-state index contributed by atoms with van der Waals surface area (Å²) in [6.07, 6.45) is 0. The predicted molar refractivity (Wildman–Crippen MR) is 140 cm³/mol. The van der Waals surface area contributed by atoms with Gasteiger partial charge in [-0.1, -0.05) is 35.9 Å². The summed E-state index contributed by atoms with van der Waals surface area (Å²) in [5.74, 6) is 1.03. The van der Waals surface area contributed by atoms with Crippen LogP contribution in [0, 0.1) is 6.92 Å². The number of hydrogen-bond acceptors (Lipinski definition) is 6. The second kappa shape index (κ2) is 11.6. The molecule has 32 heavy (non-hydrogen) atoms. The molecule has 0 spiro atoms. The van der Waals surface area contributed by atoms with Crippen LogP contribution in [-0.2, 0) is 0 Å². The van der Waals surface area contributed by atoms with Crippen molar-refractivity contribution in [2.75, 3.05) is 49.9 Å².